The van der Waals surface area contributed by atoms with Crippen LogP contribution in [0.5, 0.6) is 11.5 Å². The van der Waals surface area contributed by atoms with Gasteiger partial charge in [0.1, 0.15) is 11.5 Å². The fourth-order valence-electron chi connectivity index (χ4n) is 3.45. The van der Waals surface area contributed by atoms with E-state index in [1.54, 1.807) is 14.2 Å². The van der Waals surface area contributed by atoms with E-state index in [2.05, 4.69) is 51.7 Å². The zero-order chi connectivity index (χ0) is 19.9. The highest BCUT2D eigenvalue weighted by atomic mass is 127. The van der Waals surface area contributed by atoms with Crippen molar-refractivity contribution in [1.29, 1.82) is 0 Å². The Morgan fingerprint density at radius 3 is 2.52 bits per heavy atom. The number of hydrogen-bond donors (Lipinski definition) is 2. The van der Waals surface area contributed by atoms with Crippen LogP contribution >= 0.6 is 35.3 Å². The molecule has 1 atom stereocenters. The zero-order valence-corrected chi connectivity index (χ0v) is 20.7. The summed E-state index contributed by atoms with van der Waals surface area (Å²) in [5.41, 5.74) is 1.20. The van der Waals surface area contributed by atoms with E-state index < -0.39 is 0 Å². The molecule has 1 unspecified atom stereocenters. The molecule has 8 heteroatoms. The molecule has 1 aliphatic rings. The second-order valence-electron chi connectivity index (χ2n) is 7.02. The highest BCUT2D eigenvalue weighted by Crippen LogP contribution is 2.24. The van der Waals surface area contributed by atoms with Gasteiger partial charge in [-0.15, -0.1) is 35.3 Å². The summed E-state index contributed by atoms with van der Waals surface area (Å²) in [6.45, 7) is 5.85. The highest BCUT2D eigenvalue weighted by molar-refractivity contribution is 14.0. The van der Waals surface area contributed by atoms with Crippen molar-refractivity contribution < 1.29 is 9.47 Å². The van der Waals surface area contributed by atoms with Crippen LogP contribution in [-0.4, -0.2) is 51.3 Å². The van der Waals surface area contributed by atoms with E-state index in [1.165, 1.54) is 15.3 Å². The van der Waals surface area contributed by atoms with Crippen molar-refractivity contribution in [2.24, 2.45) is 4.99 Å². The Labute approximate surface area is 194 Å². The predicted octanol–water partition coefficient (Wildman–Crippen LogP) is 3.63. The summed E-state index contributed by atoms with van der Waals surface area (Å²) in [5, 5.41) is 6.97. The molecule has 0 bridgehead atoms. The minimum absolute atomic E-state index is 0. The van der Waals surface area contributed by atoms with E-state index in [0.29, 0.717) is 6.04 Å². The number of halogens is 1. The lowest BCUT2D eigenvalue weighted by Gasteiger charge is -2.19. The van der Waals surface area contributed by atoms with Crippen molar-refractivity contribution in [3.8, 4) is 11.5 Å². The van der Waals surface area contributed by atoms with Gasteiger partial charge in [-0.1, -0.05) is 0 Å². The summed E-state index contributed by atoms with van der Waals surface area (Å²) >= 11 is 1.82. The Bertz CT molecular complexity index is 789. The molecule has 1 fully saturated rings. The quantitative estimate of drug-likeness (QED) is 0.326. The van der Waals surface area contributed by atoms with Crippen LogP contribution in [0, 0.1) is 6.92 Å². The van der Waals surface area contributed by atoms with Crippen LogP contribution in [0.25, 0.3) is 0 Å². The number of benzene rings is 1. The van der Waals surface area contributed by atoms with Gasteiger partial charge in [0.15, 0.2) is 5.96 Å². The Hall–Kier alpha value is -1.52. The van der Waals surface area contributed by atoms with Gasteiger partial charge in [0.2, 0.25) is 0 Å². The molecule has 0 radical (unpaired) electrons. The number of nitrogens with one attached hydrogen (secondary N) is 2. The Balaban J connectivity index is 0.00000300. The molecule has 160 valence electrons. The number of thiophene rings is 1. The fourth-order valence-corrected chi connectivity index (χ4v) is 4.28. The first-order chi connectivity index (χ1) is 13.6. The number of likely N-dealkylation sites (tertiary alicyclic amines) is 1. The maximum absolute atomic E-state index is 5.38. The number of hydrogen-bond acceptors (Lipinski definition) is 5. The zero-order valence-electron chi connectivity index (χ0n) is 17.5. The molecular weight excluding hydrogens is 499 g/mol. The average molecular weight is 530 g/mol. The lowest BCUT2D eigenvalue weighted by molar-refractivity contribution is 0.321. The summed E-state index contributed by atoms with van der Waals surface area (Å²) in [6, 6.07) is 10.8. The number of rotatable bonds is 7. The van der Waals surface area contributed by atoms with Gasteiger partial charge in [-0.25, -0.2) is 0 Å². The SMILES string of the molecule is CN=C(NCc1ccc(C)s1)NC1CCN(Cc2cc(OC)cc(OC)c2)C1.I. The minimum Gasteiger partial charge on any atom is -0.497 e. The molecule has 0 amide bonds. The third-order valence-corrected chi connectivity index (χ3v) is 5.88. The second kappa shape index (κ2) is 11.6. The van der Waals surface area contributed by atoms with Crippen LogP contribution < -0.4 is 20.1 Å². The molecule has 29 heavy (non-hydrogen) atoms. The number of ether oxygens (including phenoxy) is 2. The van der Waals surface area contributed by atoms with Crippen molar-refractivity contribution >= 4 is 41.3 Å². The number of methoxy groups -OCH3 is 2. The van der Waals surface area contributed by atoms with E-state index in [1.807, 2.05) is 24.5 Å². The number of nitrogens with zero attached hydrogens (tertiary/aromatic N) is 2. The molecule has 1 aromatic carbocycles. The molecule has 1 aromatic heterocycles. The lowest BCUT2D eigenvalue weighted by Crippen LogP contribution is -2.44. The van der Waals surface area contributed by atoms with Crippen LogP contribution in [0.4, 0.5) is 0 Å². The molecule has 2 N–H and O–H groups in total. The van der Waals surface area contributed by atoms with E-state index >= 15 is 0 Å². The van der Waals surface area contributed by atoms with Crippen LogP contribution in [0.2, 0.25) is 0 Å². The van der Waals surface area contributed by atoms with Gasteiger partial charge in [0, 0.05) is 48.5 Å². The van der Waals surface area contributed by atoms with Gasteiger partial charge in [-0.2, -0.15) is 0 Å². The normalized spacial score (nSPS) is 17.0. The van der Waals surface area contributed by atoms with Crippen molar-refractivity contribution in [3.63, 3.8) is 0 Å². The van der Waals surface area contributed by atoms with Crippen LogP contribution in [-0.2, 0) is 13.1 Å². The van der Waals surface area contributed by atoms with Crippen molar-refractivity contribution in [3.05, 3.63) is 45.6 Å². The number of aryl methyl sites for hydroxylation is 1. The Kier molecular flexibility index (Phi) is 9.51. The van der Waals surface area contributed by atoms with E-state index in [4.69, 9.17) is 9.47 Å². The van der Waals surface area contributed by atoms with Crippen LogP contribution in [0.3, 0.4) is 0 Å². The lowest BCUT2D eigenvalue weighted by atomic mass is 10.2. The van der Waals surface area contributed by atoms with Crippen molar-refractivity contribution in [2.45, 2.75) is 32.5 Å². The molecule has 0 spiro atoms. The van der Waals surface area contributed by atoms with Gasteiger partial charge < -0.3 is 20.1 Å². The van der Waals surface area contributed by atoms with E-state index in [0.717, 1.165) is 50.1 Å². The number of aliphatic imine (C=N–C) groups is 1. The fraction of sp³-hybridized carbons (Fsp3) is 0.476. The minimum atomic E-state index is 0. The van der Waals surface area contributed by atoms with Gasteiger partial charge in [0.25, 0.3) is 0 Å². The molecule has 2 aromatic rings. The van der Waals surface area contributed by atoms with E-state index in [-0.39, 0.29) is 24.0 Å². The van der Waals surface area contributed by atoms with Gasteiger partial charge in [-0.3, -0.25) is 9.89 Å². The maximum Gasteiger partial charge on any atom is 0.191 e. The summed E-state index contributed by atoms with van der Waals surface area (Å²) in [6.07, 6.45) is 1.10. The Morgan fingerprint density at radius 2 is 1.93 bits per heavy atom. The maximum atomic E-state index is 5.38. The van der Waals surface area contributed by atoms with Crippen molar-refractivity contribution in [1.82, 2.24) is 15.5 Å². The first-order valence-corrected chi connectivity index (χ1v) is 10.4. The summed E-state index contributed by atoms with van der Waals surface area (Å²) in [7, 11) is 5.19. The van der Waals surface area contributed by atoms with Crippen LogP contribution in [0.15, 0.2) is 35.3 Å². The third-order valence-electron chi connectivity index (χ3n) is 4.88. The molecule has 1 aliphatic heterocycles. The smallest absolute Gasteiger partial charge is 0.191 e. The van der Waals surface area contributed by atoms with Crippen molar-refractivity contribution in [2.75, 3.05) is 34.4 Å². The molecule has 1 saturated heterocycles. The Morgan fingerprint density at radius 1 is 1.21 bits per heavy atom. The van der Waals surface area contributed by atoms with E-state index in [9.17, 15) is 0 Å². The number of guanidine groups is 1. The van der Waals surface area contributed by atoms with Gasteiger partial charge in [-0.05, 0) is 43.2 Å². The van der Waals surface area contributed by atoms with Gasteiger partial charge >= 0.3 is 0 Å². The summed E-state index contributed by atoms with van der Waals surface area (Å²) in [4.78, 5) is 9.48. The third kappa shape index (κ3) is 7.04. The standard InChI is InChI=1S/C21H30N4O2S.HI/c1-15-5-6-20(28-15)12-23-21(22-2)24-17-7-8-25(14-17)13-16-9-18(26-3)11-19(10-16)27-4;/h5-6,9-11,17H,7-8,12-14H2,1-4H3,(H2,22,23,24);1H. The first-order valence-electron chi connectivity index (χ1n) is 9.56. The molecule has 0 aliphatic carbocycles. The molecule has 3 rings (SSSR count). The summed E-state index contributed by atoms with van der Waals surface area (Å²) < 4.78 is 10.8. The average Bonchev–Trinajstić information content (AvgIpc) is 3.33. The summed E-state index contributed by atoms with van der Waals surface area (Å²) in [5.74, 6) is 2.52. The van der Waals surface area contributed by atoms with Gasteiger partial charge in [0.05, 0.1) is 20.8 Å². The second-order valence-corrected chi connectivity index (χ2v) is 8.40. The molecule has 0 saturated carbocycles. The first kappa shape index (κ1) is 23.8. The highest BCUT2D eigenvalue weighted by Gasteiger charge is 2.23. The largest absolute Gasteiger partial charge is 0.497 e. The molecule has 2 heterocycles. The van der Waals surface area contributed by atoms with Crippen LogP contribution in [0.1, 0.15) is 21.7 Å². The predicted molar refractivity (Wildman–Crippen MR) is 131 cm³/mol. The molecular formula is C21H31IN4O2S. The molecule has 6 nitrogen and oxygen atoms in total. The monoisotopic (exact) mass is 530 g/mol. The topological polar surface area (TPSA) is 58.1 Å².